The molecular formula is C20H18FNO4. The van der Waals surface area contributed by atoms with Crippen LogP contribution in [0, 0.1) is 5.82 Å². The van der Waals surface area contributed by atoms with Crippen molar-refractivity contribution in [3.8, 4) is 5.75 Å². The summed E-state index contributed by atoms with van der Waals surface area (Å²) in [5.41, 5.74) is 1.35. The molecule has 0 saturated carbocycles. The number of nitrogens with zero attached hydrogens (tertiary/aromatic N) is 1. The SMILES string of the molecule is COc1cccc(CN2C(=O)C(O)=C(C(C)=O)C2c2ccc(F)cc2)c1. The number of ketones is 1. The molecule has 26 heavy (non-hydrogen) atoms. The number of halogens is 1. The van der Waals surface area contributed by atoms with Crippen molar-refractivity contribution in [2.75, 3.05) is 7.11 Å². The summed E-state index contributed by atoms with van der Waals surface area (Å²) in [5.74, 6) is -1.38. The highest BCUT2D eigenvalue weighted by Crippen LogP contribution is 2.38. The van der Waals surface area contributed by atoms with Crippen LogP contribution in [0.4, 0.5) is 4.39 Å². The third-order valence-electron chi connectivity index (χ3n) is 4.36. The number of benzene rings is 2. The highest BCUT2D eigenvalue weighted by Gasteiger charge is 2.42. The molecule has 1 aliphatic rings. The van der Waals surface area contributed by atoms with Crippen molar-refractivity contribution in [1.29, 1.82) is 0 Å². The largest absolute Gasteiger partial charge is 0.503 e. The summed E-state index contributed by atoms with van der Waals surface area (Å²) in [7, 11) is 1.54. The summed E-state index contributed by atoms with van der Waals surface area (Å²) in [6.07, 6.45) is 0. The Hall–Kier alpha value is -3.15. The van der Waals surface area contributed by atoms with E-state index in [1.807, 2.05) is 6.07 Å². The fraction of sp³-hybridized carbons (Fsp3) is 0.200. The lowest BCUT2D eigenvalue weighted by Gasteiger charge is -2.26. The van der Waals surface area contributed by atoms with Crippen molar-refractivity contribution in [2.45, 2.75) is 19.5 Å². The first-order valence-corrected chi connectivity index (χ1v) is 8.05. The molecule has 1 atom stereocenters. The van der Waals surface area contributed by atoms with Crippen molar-refractivity contribution in [1.82, 2.24) is 4.90 Å². The van der Waals surface area contributed by atoms with Crippen molar-refractivity contribution in [3.63, 3.8) is 0 Å². The first kappa shape index (κ1) is 17.7. The fourth-order valence-corrected chi connectivity index (χ4v) is 3.14. The van der Waals surface area contributed by atoms with Gasteiger partial charge in [0.2, 0.25) is 0 Å². The monoisotopic (exact) mass is 355 g/mol. The molecular weight excluding hydrogens is 337 g/mol. The second kappa shape index (κ2) is 7.00. The van der Waals surface area contributed by atoms with Gasteiger partial charge in [0.15, 0.2) is 11.5 Å². The van der Waals surface area contributed by atoms with Crippen molar-refractivity contribution in [2.24, 2.45) is 0 Å². The average molecular weight is 355 g/mol. The van der Waals surface area contributed by atoms with Gasteiger partial charge in [-0.1, -0.05) is 24.3 Å². The molecule has 0 radical (unpaired) electrons. The van der Waals surface area contributed by atoms with Crippen LogP contribution in [0.3, 0.4) is 0 Å². The predicted molar refractivity (Wildman–Crippen MR) is 93.0 cm³/mol. The zero-order valence-electron chi connectivity index (χ0n) is 14.4. The highest BCUT2D eigenvalue weighted by atomic mass is 19.1. The van der Waals surface area contributed by atoms with E-state index >= 15 is 0 Å². The number of aliphatic hydroxyl groups is 1. The third kappa shape index (κ3) is 3.18. The van der Waals surface area contributed by atoms with Crippen LogP contribution >= 0.6 is 0 Å². The maximum Gasteiger partial charge on any atom is 0.290 e. The van der Waals surface area contributed by atoms with Gasteiger partial charge in [-0.05, 0) is 42.3 Å². The molecule has 2 aromatic rings. The summed E-state index contributed by atoms with van der Waals surface area (Å²) in [4.78, 5) is 26.0. The van der Waals surface area contributed by atoms with Crippen molar-refractivity contribution >= 4 is 11.7 Å². The van der Waals surface area contributed by atoms with Crippen LogP contribution in [-0.4, -0.2) is 28.8 Å². The van der Waals surface area contributed by atoms with E-state index in [9.17, 15) is 19.1 Å². The molecule has 0 fully saturated rings. The minimum Gasteiger partial charge on any atom is -0.503 e. The van der Waals surface area contributed by atoms with Gasteiger partial charge in [-0.2, -0.15) is 0 Å². The van der Waals surface area contributed by atoms with E-state index in [1.165, 1.54) is 36.1 Å². The number of hydrogen-bond acceptors (Lipinski definition) is 4. The van der Waals surface area contributed by atoms with Crippen LogP contribution in [0.25, 0.3) is 0 Å². The van der Waals surface area contributed by atoms with Crippen molar-refractivity contribution < 1.29 is 23.8 Å². The van der Waals surface area contributed by atoms with Gasteiger partial charge in [0.25, 0.3) is 5.91 Å². The molecule has 2 aromatic carbocycles. The number of aliphatic hydroxyl groups excluding tert-OH is 1. The van der Waals surface area contributed by atoms with Crippen LogP contribution in [0.2, 0.25) is 0 Å². The van der Waals surface area contributed by atoms with Crippen LogP contribution in [0.5, 0.6) is 5.75 Å². The van der Waals surface area contributed by atoms with Gasteiger partial charge in [0.05, 0.1) is 18.7 Å². The molecule has 3 rings (SSSR count). The maximum atomic E-state index is 13.3. The van der Waals surface area contributed by atoms with Gasteiger partial charge in [-0.25, -0.2) is 4.39 Å². The molecule has 0 saturated heterocycles. The Labute approximate surface area is 150 Å². The predicted octanol–water partition coefficient (Wildman–Crippen LogP) is 3.32. The van der Waals surface area contributed by atoms with Crippen LogP contribution in [-0.2, 0) is 16.1 Å². The lowest BCUT2D eigenvalue weighted by molar-refractivity contribution is -0.130. The highest BCUT2D eigenvalue weighted by molar-refractivity contribution is 6.08. The number of ether oxygens (including phenoxy) is 1. The summed E-state index contributed by atoms with van der Waals surface area (Å²) in [6, 6.07) is 11.9. The molecule has 1 heterocycles. The number of carbonyl (C=O) groups is 2. The Morgan fingerprint density at radius 2 is 1.92 bits per heavy atom. The van der Waals surface area contributed by atoms with E-state index in [0.29, 0.717) is 11.3 Å². The molecule has 1 amide bonds. The summed E-state index contributed by atoms with van der Waals surface area (Å²) in [5, 5.41) is 10.2. The number of amides is 1. The Morgan fingerprint density at radius 1 is 1.23 bits per heavy atom. The van der Waals surface area contributed by atoms with Gasteiger partial charge in [-0.15, -0.1) is 0 Å². The fourth-order valence-electron chi connectivity index (χ4n) is 3.14. The van der Waals surface area contributed by atoms with E-state index in [4.69, 9.17) is 4.74 Å². The van der Waals surface area contributed by atoms with Gasteiger partial charge in [-0.3, -0.25) is 9.59 Å². The first-order valence-electron chi connectivity index (χ1n) is 8.05. The molecule has 0 spiro atoms. The Morgan fingerprint density at radius 3 is 2.54 bits per heavy atom. The minimum atomic E-state index is -0.771. The molecule has 5 nitrogen and oxygen atoms in total. The smallest absolute Gasteiger partial charge is 0.290 e. The minimum absolute atomic E-state index is 0.0181. The molecule has 1 N–H and O–H groups in total. The molecule has 134 valence electrons. The maximum absolute atomic E-state index is 13.3. The van der Waals surface area contributed by atoms with Gasteiger partial charge >= 0.3 is 0 Å². The molecule has 0 bridgehead atoms. The third-order valence-corrected chi connectivity index (χ3v) is 4.36. The van der Waals surface area contributed by atoms with Gasteiger partial charge < -0.3 is 14.7 Å². The zero-order chi connectivity index (χ0) is 18.8. The van der Waals surface area contributed by atoms with E-state index in [1.54, 1.807) is 25.3 Å². The van der Waals surface area contributed by atoms with Crippen LogP contribution in [0.1, 0.15) is 24.1 Å². The average Bonchev–Trinajstić information content (AvgIpc) is 2.87. The Kier molecular flexibility index (Phi) is 4.75. The number of rotatable bonds is 5. The van der Waals surface area contributed by atoms with Crippen LogP contribution < -0.4 is 4.74 Å². The normalized spacial score (nSPS) is 17.0. The second-order valence-electron chi connectivity index (χ2n) is 6.06. The van der Waals surface area contributed by atoms with E-state index < -0.39 is 29.3 Å². The quantitative estimate of drug-likeness (QED) is 0.893. The van der Waals surface area contributed by atoms with Gasteiger partial charge in [0.1, 0.15) is 11.6 Å². The standard InChI is InChI=1S/C20H18FNO4/c1-12(23)17-18(14-6-8-15(21)9-7-14)22(20(25)19(17)24)11-13-4-3-5-16(10-13)26-2/h3-10,18,24H,11H2,1-2H3. The molecule has 0 aliphatic carbocycles. The molecule has 1 aliphatic heterocycles. The molecule has 0 aromatic heterocycles. The number of carbonyl (C=O) groups excluding carboxylic acids is 2. The zero-order valence-corrected chi connectivity index (χ0v) is 14.4. The summed E-state index contributed by atoms with van der Waals surface area (Å²) < 4.78 is 18.5. The summed E-state index contributed by atoms with van der Waals surface area (Å²) in [6.45, 7) is 1.46. The first-order chi connectivity index (χ1) is 12.4. The van der Waals surface area contributed by atoms with Gasteiger partial charge in [0, 0.05) is 6.54 Å². The number of hydrogen-bond donors (Lipinski definition) is 1. The van der Waals surface area contributed by atoms with Crippen molar-refractivity contribution in [3.05, 3.63) is 76.8 Å². The van der Waals surface area contributed by atoms with E-state index in [0.717, 1.165) is 5.56 Å². The second-order valence-corrected chi connectivity index (χ2v) is 6.06. The number of Topliss-reactive ketones (excluding diaryl/α,β-unsaturated/α-hetero) is 1. The lowest BCUT2D eigenvalue weighted by Crippen LogP contribution is -2.30. The van der Waals surface area contributed by atoms with E-state index in [-0.39, 0.29) is 12.1 Å². The lowest BCUT2D eigenvalue weighted by atomic mass is 9.96. The van der Waals surface area contributed by atoms with E-state index in [2.05, 4.69) is 0 Å². The molecule has 6 heteroatoms. The summed E-state index contributed by atoms with van der Waals surface area (Å²) >= 11 is 0. The number of methoxy groups -OCH3 is 1. The van der Waals surface area contributed by atoms with Crippen LogP contribution in [0.15, 0.2) is 59.9 Å². The Balaban J connectivity index is 2.02. The molecule has 1 unspecified atom stereocenters. The topological polar surface area (TPSA) is 66.8 Å². The Bertz CT molecular complexity index is 889.